The number of amides is 1. The Labute approximate surface area is 178 Å². The van der Waals surface area contributed by atoms with Crippen LogP contribution in [0.5, 0.6) is 17.2 Å². The third kappa shape index (κ3) is 3.66. The second-order valence-corrected chi connectivity index (χ2v) is 8.01. The molecule has 1 amide bonds. The van der Waals surface area contributed by atoms with Crippen LogP contribution < -0.4 is 19.1 Å². The van der Waals surface area contributed by atoms with Gasteiger partial charge < -0.3 is 24.0 Å². The van der Waals surface area contributed by atoms with E-state index in [9.17, 15) is 4.79 Å². The highest BCUT2D eigenvalue weighted by Crippen LogP contribution is 2.42. The van der Waals surface area contributed by atoms with Gasteiger partial charge in [0, 0.05) is 31.7 Å². The van der Waals surface area contributed by atoms with E-state index in [1.165, 1.54) is 16.8 Å². The van der Waals surface area contributed by atoms with Crippen LogP contribution >= 0.6 is 0 Å². The molecule has 2 aromatic rings. The average Bonchev–Trinajstić information content (AvgIpc) is 3.18. The van der Waals surface area contributed by atoms with Crippen LogP contribution in [0.15, 0.2) is 30.3 Å². The van der Waals surface area contributed by atoms with Crippen LogP contribution in [0.4, 0.5) is 5.69 Å². The van der Waals surface area contributed by atoms with Crippen LogP contribution in [0.1, 0.15) is 42.0 Å². The number of ether oxygens (including phenoxy) is 3. The normalized spacial score (nSPS) is 18.4. The standard InChI is InChI=1S/C24H30N2O4/c1-16-7-8-19-18(12-16)20(26-10-5-6-23(26)27)9-11-25(19)15-17-13-21(28-2)24(30-4)22(14-17)29-3/h7-8,12-14,20H,5-6,9-11,15H2,1-4H3. The van der Waals surface area contributed by atoms with Crippen LogP contribution in [-0.2, 0) is 11.3 Å². The van der Waals surface area contributed by atoms with Gasteiger partial charge in [0.2, 0.25) is 11.7 Å². The fourth-order valence-corrected chi connectivity index (χ4v) is 4.72. The van der Waals surface area contributed by atoms with E-state index < -0.39 is 0 Å². The molecule has 2 aromatic carbocycles. The van der Waals surface area contributed by atoms with Gasteiger partial charge in [0.25, 0.3) is 0 Å². The number of rotatable bonds is 6. The number of nitrogens with zero attached hydrogens (tertiary/aromatic N) is 2. The zero-order chi connectivity index (χ0) is 21.3. The van der Waals surface area contributed by atoms with Gasteiger partial charge in [-0.1, -0.05) is 17.7 Å². The van der Waals surface area contributed by atoms with E-state index in [0.717, 1.165) is 38.0 Å². The number of aryl methyl sites for hydroxylation is 1. The fourth-order valence-electron chi connectivity index (χ4n) is 4.72. The number of likely N-dealkylation sites (tertiary alicyclic amines) is 1. The van der Waals surface area contributed by atoms with Gasteiger partial charge in [0.05, 0.1) is 27.4 Å². The number of benzene rings is 2. The lowest BCUT2D eigenvalue weighted by atomic mass is 9.93. The van der Waals surface area contributed by atoms with Crippen molar-refractivity contribution in [2.75, 3.05) is 39.3 Å². The van der Waals surface area contributed by atoms with E-state index in [1.54, 1.807) is 21.3 Å². The second-order valence-electron chi connectivity index (χ2n) is 8.01. The van der Waals surface area contributed by atoms with Gasteiger partial charge in [-0.05, 0) is 49.1 Å². The number of hydrogen-bond acceptors (Lipinski definition) is 5. The molecule has 2 aliphatic rings. The topological polar surface area (TPSA) is 51.2 Å². The summed E-state index contributed by atoms with van der Waals surface area (Å²) in [5, 5.41) is 0. The number of fused-ring (bicyclic) bond motifs is 1. The summed E-state index contributed by atoms with van der Waals surface area (Å²) in [6.07, 6.45) is 2.57. The Morgan fingerprint density at radius 2 is 1.73 bits per heavy atom. The monoisotopic (exact) mass is 410 g/mol. The Bertz CT molecular complexity index is 918. The molecular weight excluding hydrogens is 380 g/mol. The van der Waals surface area contributed by atoms with Crippen molar-refractivity contribution in [3.63, 3.8) is 0 Å². The molecule has 1 atom stereocenters. The third-order valence-corrected chi connectivity index (χ3v) is 6.14. The van der Waals surface area contributed by atoms with Gasteiger partial charge in [0.15, 0.2) is 11.5 Å². The third-order valence-electron chi connectivity index (χ3n) is 6.14. The molecule has 0 aromatic heterocycles. The van der Waals surface area contributed by atoms with Crippen molar-refractivity contribution >= 4 is 11.6 Å². The summed E-state index contributed by atoms with van der Waals surface area (Å²) in [4.78, 5) is 16.9. The van der Waals surface area contributed by atoms with Gasteiger partial charge >= 0.3 is 0 Å². The highest BCUT2D eigenvalue weighted by atomic mass is 16.5. The van der Waals surface area contributed by atoms with E-state index in [2.05, 4.69) is 34.9 Å². The minimum atomic E-state index is 0.172. The first-order valence-corrected chi connectivity index (χ1v) is 10.5. The lowest BCUT2D eigenvalue weighted by Crippen LogP contribution is -2.38. The minimum Gasteiger partial charge on any atom is -0.493 e. The van der Waals surface area contributed by atoms with Crippen molar-refractivity contribution in [3.8, 4) is 17.2 Å². The Balaban J connectivity index is 1.67. The largest absolute Gasteiger partial charge is 0.493 e. The smallest absolute Gasteiger partial charge is 0.223 e. The first kappa shape index (κ1) is 20.4. The maximum Gasteiger partial charge on any atom is 0.223 e. The maximum absolute atomic E-state index is 12.4. The van der Waals surface area contributed by atoms with Crippen molar-refractivity contribution in [1.82, 2.24) is 4.90 Å². The lowest BCUT2D eigenvalue weighted by Gasteiger charge is -2.40. The molecule has 1 fully saturated rings. The summed E-state index contributed by atoms with van der Waals surface area (Å²) < 4.78 is 16.5. The molecule has 0 saturated carbocycles. The van der Waals surface area contributed by atoms with E-state index in [-0.39, 0.29) is 11.9 Å². The van der Waals surface area contributed by atoms with E-state index in [1.807, 2.05) is 12.1 Å². The number of hydrogen-bond donors (Lipinski definition) is 0. The summed E-state index contributed by atoms with van der Waals surface area (Å²) in [6, 6.07) is 10.8. The molecule has 6 nitrogen and oxygen atoms in total. The summed E-state index contributed by atoms with van der Waals surface area (Å²) in [7, 11) is 4.89. The predicted molar refractivity (Wildman–Crippen MR) is 117 cm³/mol. The molecule has 0 bridgehead atoms. The number of carbonyl (C=O) groups excluding carboxylic acids is 1. The molecule has 0 aliphatic carbocycles. The Morgan fingerprint density at radius 1 is 1.00 bits per heavy atom. The fraction of sp³-hybridized carbons (Fsp3) is 0.458. The molecule has 0 spiro atoms. The molecule has 2 heterocycles. The highest BCUT2D eigenvalue weighted by Gasteiger charge is 2.34. The predicted octanol–water partition coefficient (Wildman–Crippen LogP) is 4.09. The molecule has 1 saturated heterocycles. The summed E-state index contributed by atoms with van der Waals surface area (Å²) in [6.45, 7) is 4.60. The Morgan fingerprint density at radius 3 is 2.33 bits per heavy atom. The van der Waals surface area contributed by atoms with Crippen molar-refractivity contribution in [1.29, 1.82) is 0 Å². The first-order chi connectivity index (χ1) is 14.5. The molecule has 160 valence electrons. The molecule has 6 heteroatoms. The van der Waals surface area contributed by atoms with Gasteiger partial charge in [-0.2, -0.15) is 0 Å². The second kappa shape index (κ2) is 8.46. The van der Waals surface area contributed by atoms with Gasteiger partial charge in [-0.3, -0.25) is 4.79 Å². The quantitative estimate of drug-likeness (QED) is 0.718. The molecule has 0 radical (unpaired) electrons. The van der Waals surface area contributed by atoms with E-state index in [4.69, 9.17) is 14.2 Å². The SMILES string of the molecule is COc1cc(CN2CCC(N3CCCC3=O)c3cc(C)ccc32)cc(OC)c1OC. The molecule has 0 N–H and O–H groups in total. The summed E-state index contributed by atoms with van der Waals surface area (Å²) >= 11 is 0. The van der Waals surface area contributed by atoms with Gasteiger partial charge in [0.1, 0.15) is 0 Å². The Hall–Kier alpha value is -2.89. The Kier molecular flexibility index (Phi) is 5.75. The zero-order valence-corrected chi connectivity index (χ0v) is 18.2. The molecular formula is C24H30N2O4. The maximum atomic E-state index is 12.4. The zero-order valence-electron chi connectivity index (χ0n) is 18.2. The number of carbonyl (C=O) groups is 1. The molecule has 2 aliphatic heterocycles. The molecule has 30 heavy (non-hydrogen) atoms. The molecule has 1 unspecified atom stereocenters. The summed E-state index contributed by atoms with van der Waals surface area (Å²) in [5.41, 5.74) is 4.76. The van der Waals surface area contributed by atoms with Crippen LogP contribution in [0, 0.1) is 6.92 Å². The lowest BCUT2D eigenvalue weighted by molar-refractivity contribution is -0.130. The average molecular weight is 411 g/mol. The van der Waals surface area contributed by atoms with Gasteiger partial charge in [-0.25, -0.2) is 0 Å². The highest BCUT2D eigenvalue weighted by molar-refractivity contribution is 5.79. The number of methoxy groups -OCH3 is 3. The number of anilines is 1. The minimum absolute atomic E-state index is 0.172. The van der Waals surface area contributed by atoms with Crippen molar-refractivity contribution < 1.29 is 19.0 Å². The van der Waals surface area contributed by atoms with Crippen molar-refractivity contribution in [3.05, 3.63) is 47.0 Å². The van der Waals surface area contributed by atoms with Gasteiger partial charge in [-0.15, -0.1) is 0 Å². The van der Waals surface area contributed by atoms with E-state index in [0.29, 0.717) is 23.7 Å². The van der Waals surface area contributed by atoms with Crippen LogP contribution in [0.3, 0.4) is 0 Å². The van der Waals surface area contributed by atoms with Crippen LogP contribution in [0.25, 0.3) is 0 Å². The summed E-state index contributed by atoms with van der Waals surface area (Å²) in [5.74, 6) is 2.21. The van der Waals surface area contributed by atoms with Crippen LogP contribution in [-0.4, -0.2) is 45.2 Å². The van der Waals surface area contributed by atoms with Crippen LogP contribution in [0.2, 0.25) is 0 Å². The first-order valence-electron chi connectivity index (χ1n) is 10.5. The van der Waals surface area contributed by atoms with E-state index >= 15 is 0 Å². The molecule has 4 rings (SSSR count). The van der Waals surface area contributed by atoms with Crippen molar-refractivity contribution in [2.24, 2.45) is 0 Å². The van der Waals surface area contributed by atoms with Crippen molar-refractivity contribution in [2.45, 2.75) is 38.8 Å².